The van der Waals surface area contributed by atoms with Crippen molar-refractivity contribution in [2.24, 2.45) is 0 Å². The predicted octanol–water partition coefficient (Wildman–Crippen LogP) is 0.510. The van der Waals surface area contributed by atoms with Crippen LogP contribution in [0.4, 0.5) is 0 Å². The highest BCUT2D eigenvalue weighted by Crippen LogP contribution is 2.14. The lowest BCUT2D eigenvalue weighted by molar-refractivity contribution is -0.719. The number of methoxy groups -OCH3 is 1. The van der Waals surface area contributed by atoms with E-state index in [9.17, 15) is 4.79 Å². The molecule has 3 nitrogen and oxygen atoms in total. The molecule has 136 valence electrons. The summed E-state index contributed by atoms with van der Waals surface area (Å²) in [4.78, 5) is 12.3. The van der Waals surface area contributed by atoms with Gasteiger partial charge in [0.05, 0.1) is 25.6 Å². The van der Waals surface area contributed by atoms with Gasteiger partial charge in [-0.25, -0.2) is 0 Å². The molecule has 0 atom stereocenters. The van der Waals surface area contributed by atoms with Crippen molar-refractivity contribution in [3.63, 3.8) is 0 Å². The summed E-state index contributed by atoms with van der Waals surface area (Å²) in [6.45, 7) is 5.16. The third-order valence-electron chi connectivity index (χ3n) is 4.05. The molecule has 0 aliphatic carbocycles. The fraction of sp³-hybridized carbons (Fsp3) is 0.350. The summed E-state index contributed by atoms with van der Waals surface area (Å²) in [6.07, 6.45) is 1.46. The Labute approximate surface area is 161 Å². The standard InChI is InChI=1S/C20H24ClNO2.ClH/c1-20(2,14-15-4-8-17(21)9-5-15)22-13-12-19(23)16-6-10-18(24-3)11-7-16;/h4-11,22H,12-14H2,1-3H3;1H. The second kappa shape index (κ2) is 9.81. The number of hydrogen-bond acceptors (Lipinski definition) is 2. The molecule has 0 amide bonds. The molecule has 2 rings (SSSR count). The molecule has 0 unspecified atom stereocenters. The van der Waals surface area contributed by atoms with Crippen LogP contribution in [0.5, 0.6) is 5.75 Å². The molecular weight excluding hydrogens is 357 g/mol. The monoisotopic (exact) mass is 381 g/mol. The summed E-state index contributed by atoms with van der Waals surface area (Å²) < 4.78 is 5.11. The van der Waals surface area contributed by atoms with E-state index in [0.29, 0.717) is 6.42 Å². The first-order valence-electron chi connectivity index (χ1n) is 8.16. The molecule has 0 spiro atoms. The van der Waals surface area contributed by atoms with E-state index in [1.165, 1.54) is 5.56 Å². The van der Waals surface area contributed by atoms with Crippen LogP contribution in [0, 0.1) is 0 Å². The lowest BCUT2D eigenvalue weighted by Gasteiger charge is -2.23. The number of halogens is 2. The van der Waals surface area contributed by atoms with Gasteiger partial charge in [0, 0.05) is 17.0 Å². The first kappa shape index (κ1) is 21.5. The minimum Gasteiger partial charge on any atom is -1.00 e. The van der Waals surface area contributed by atoms with Crippen molar-refractivity contribution < 1.29 is 27.3 Å². The molecule has 0 aliphatic rings. The van der Waals surface area contributed by atoms with Crippen LogP contribution in [0.2, 0.25) is 5.02 Å². The Balaban J connectivity index is 0.00000312. The highest BCUT2D eigenvalue weighted by Gasteiger charge is 2.22. The van der Waals surface area contributed by atoms with Gasteiger partial charge in [-0.1, -0.05) is 23.7 Å². The van der Waals surface area contributed by atoms with Crippen LogP contribution in [-0.2, 0) is 6.42 Å². The Morgan fingerprint density at radius 1 is 1.08 bits per heavy atom. The first-order chi connectivity index (χ1) is 11.4. The van der Waals surface area contributed by atoms with Gasteiger partial charge >= 0.3 is 0 Å². The number of nitrogens with two attached hydrogens (primary N) is 1. The lowest BCUT2D eigenvalue weighted by atomic mass is 9.94. The van der Waals surface area contributed by atoms with Crippen LogP contribution in [0.15, 0.2) is 48.5 Å². The summed E-state index contributed by atoms with van der Waals surface area (Å²) in [5, 5.41) is 2.99. The number of carbonyl (C=O) groups is 1. The predicted molar refractivity (Wildman–Crippen MR) is 98.0 cm³/mol. The minimum absolute atomic E-state index is 0. The molecule has 0 aliphatic heterocycles. The lowest BCUT2D eigenvalue weighted by Crippen LogP contribution is -3.00. The van der Waals surface area contributed by atoms with E-state index in [4.69, 9.17) is 16.3 Å². The normalized spacial score (nSPS) is 10.9. The van der Waals surface area contributed by atoms with Gasteiger partial charge in [0.2, 0.25) is 0 Å². The van der Waals surface area contributed by atoms with E-state index >= 15 is 0 Å². The molecule has 2 aromatic rings. The number of benzene rings is 2. The molecule has 0 heterocycles. The van der Waals surface area contributed by atoms with Crippen molar-refractivity contribution in [2.45, 2.75) is 32.2 Å². The highest BCUT2D eigenvalue weighted by atomic mass is 35.5. The summed E-state index contributed by atoms with van der Waals surface area (Å²) in [5.74, 6) is 0.929. The fourth-order valence-electron chi connectivity index (χ4n) is 2.72. The molecule has 0 aromatic heterocycles. The smallest absolute Gasteiger partial charge is 0.168 e. The van der Waals surface area contributed by atoms with Crippen LogP contribution < -0.4 is 22.5 Å². The Morgan fingerprint density at radius 3 is 2.24 bits per heavy atom. The molecule has 0 radical (unpaired) electrons. The number of ketones is 1. The Hall–Kier alpha value is -1.55. The van der Waals surface area contributed by atoms with Crippen LogP contribution in [0.1, 0.15) is 36.2 Å². The van der Waals surface area contributed by atoms with Crippen molar-refractivity contribution in [3.05, 3.63) is 64.7 Å². The van der Waals surface area contributed by atoms with Crippen molar-refractivity contribution in [1.29, 1.82) is 0 Å². The Morgan fingerprint density at radius 2 is 1.68 bits per heavy atom. The molecule has 0 saturated carbocycles. The molecule has 0 bridgehead atoms. The first-order valence-corrected chi connectivity index (χ1v) is 8.53. The topological polar surface area (TPSA) is 42.9 Å². The third-order valence-corrected chi connectivity index (χ3v) is 4.31. The van der Waals surface area contributed by atoms with Gasteiger partial charge in [0.15, 0.2) is 5.78 Å². The molecular formula is C20H25Cl2NO2. The van der Waals surface area contributed by atoms with Crippen molar-refractivity contribution in [2.75, 3.05) is 13.7 Å². The van der Waals surface area contributed by atoms with E-state index in [0.717, 1.165) is 29.3 Å². The maximum atomic E-state index is 12.3. The molecule has 25 heavy (non-hydrogen) atoms. The van der Waals surface area contributed by atoms with Gasteiger partial charge in [0.1, 0.15) is 5.75 Å². The van der Waals surface area contributed by atoms with Gasteiger partial charge in [-0.15, -0.1) is 0 Å². The van der Waals surface area contributed by atoms with Crippen LogP contribution in [0.25, 0.3) is 0 Å². The second-order valence-corrected chi connectivity index (χ2v) is 7.12. The van der Waals surface area contributed by atoms with Crippen molar-refractivity contribution >= 4 is 17.4 Å². The quantitative estimate of drug-likeness (QED) is 0.677. The van der Waals surface area contributed by atoms with Gasteiger partial charge < -0.3 is 22.5 Å². The number of quaternary nitrogens is 1. The molecule has 2 N–H and O–H groups in total. The SMILES string of the molecule is COc1ccc(C(=O)CC[NH2+]C(C)(C)Cc2ccc(Cl)cc2)cc1.[Cl-]. The van der Waals surface area contributed by atoms with E-state index < -0.39 is 0 Å². The second-order valence-electron chi connectivity index (χ2n) is 6.69. The van der Waals surface area contributed by atoms with Gasteiger partial charge in [-0.2, -0.15) is 0 Å². The summed E-state index contributed by atoms with van der Waals surface area (Å²) in [5.41, 5.74) is 2.02. The fourth-order valence-corrected chi connectivity index (χ4v) is 2.84. The average molecular weight is 382 g/mol. The molecule has 0 saturated heterocycles. The maximum Gasteiger partial charge on any atom is 0.168 e. The largest absolute Gasteiger partial charge is 1.00 e. The Bertz CT molecular complexity index is 667. The van der Waals surface area contributed by atoms with E-state index in [-0.39, 0.29) is 23.7 Å². The van der Waals surface area contributed by atoms with Crippen LogP contribution >= 0.6 is 11.6 Å². The van der Waals surface area contributed by atoms with E-state index in [2.05, 4.69) is 31.3 Å². The number of Topliss-reactive ketones (excluding diaryl/α,β-unsaturated/α-hetero) is 1. The zero-order chi connectivity index (χ0) is 17.6. The van der Waals surface area contributed by atoms with Gasteiger partial charge in [-0.3, -0.25) is 4.79 Å². The summed E-state index contributed by atoms with van der Waals surface area (Å²) >= 11 is 5.93. The molecule has 5 heteroatoms. The zero-order valence-electron chi connectivity index (χ0n) is 14.9. The van der Waals surface area contributed by atoms with Crippen LogP contribution in [0.3, 0.4) is 0 Å². The number of hydrogen-bond donors (Lipinski definition) is 1. The minimum atomic E-state index is 0. The molecule has 0 fully saturated rings. The van der Waals surface area contributed by atoms with Crippen molar-refractivity contribution in [3.8, 4) is 5.75 Å². The zero-order valence-corrected chi connectivity index (χ0v) is 16.4. The summed E-state index contributed by atoms with van der Waals surface area (Å²) in [6, 6.07) is 15.2. The van der Waals surface area contributed by atoms with Crippen LogP contribution in [-0.4, -0.2) is 25.0 Å². The average Bonchev–Trinajstić information content (AvgIpc) is 2.56. The third kappa shape index (κ3) is 7.07. The summed E-state index contributed by atoms with van der Waals surface area (Å²) in [7, 11) is 1.62. The van der Waals surface area contributed by atoms with E-state index in [1.807, 2.05) is 36.4 Å². The van der Waals surface area contributed by atoms with Gasteiger partial charge in [-0.05, 0) is 55.8 Å². The Kier molecular flexibility index (Phi) is 8.43. The van der Waals surface area contributed by atoms with Crippen molar-refractivity contribution in [1.82, 2.24) is 0 Å². The molecule has 2 aromatic carbocycles. The highest BCUT2D eigenvalue weighted by molar-refractivity contribution is 6.30. The van der Waals surface area contributed by atoms with Gasteiger partial charge in [0.25, 0.3) is 0 Å². The maximum absolute atomic E-state index is 12.3. The van der Waals surface area contributed by atoms with E-state index in [1.54, 1.807) is 7.11 Å². The number of ether oxygens (including phenoxy) is 1. The number of carbonyl (C=O) groups excluding carboxylic acids is 1. The number of rotatable bonds is 8.